The number of hydrogen-bond acceptors (Lipinski definition) is 8. The molecule has 0 unspecified atom stereocenters. The van der Waals surface area contributed by atoms with Gasteiger partial charge < -0.3 is 0 Å². The minimum absolute atomic E-state index is 0.248. The van der Waals surface area contributed by atoms with E-state index in [1.54, 1.807) is 60.2 Å². The molecule has 34 heavy (non-hydrogen) atoms. The summed E-state index contributed by atoms with van der Waals surface area (Å²) in [7, 11) is 3.97. The number of halogens is 3. The van der Waals surface area contributed by atoms with Gasteiger partial charge in [-0.2, -0.15) is 0 Å². The molecule has 0 aromatic heterocycles. The second-order valence-corrected chi connectivity index (χ2v) is 16.2. The molecule has 0 aliphatic carbocycles. The third-order valence-corrected chi connectivity index (χ3v) is 8.91. The van der Waals surface area contributed by atoms with Crippen molar-refractivity contribution in [3.05, 3.63) is 21.3 Å². The minimum atomic E-state index is -3.15. The number of nitrogens with zero attached hydrogens (tertiary/aromatic N) is 1. The van der Waals surface area contributed by atoms with Crippen LogP contribution in [0.25, 0.3) is 0 Å². The van der Waals surface area contributed by atoms with Gasteiger partial charge in [-0.15, -0.1) is 0 Å². The Morgan fingerprint density at radius 2 is 1.38 bits per heavy atom. The van der Waals surface area contributed by atoms with E-state index in [1.165, 1.54) is 26.4 Å². The van der Waals surface area contributed by atoms with E-state index >= 15 is 0 Å². The summed E-state index contributed by atoms with van der Waals surface area (Å²) < 4.78 is 41.2. The number of carbonyl (C=O) groups excluding carboxylic acids is 3. The molecule has 0 N–H and O–H groups in total. The molecular weight excluding hydrogens is 679 g/mol. The number of ether oxygens (including phenoxy) is 5. The SMILES string of the molecule is COC(=O)[C@H](Cc1cc(OC)c(OC)cc1I(F)I)N(C(=O)OC(C)(C)C)C(=O)OC(C)(C)C. The Labute approximate surface area is 217 Å². The van der Waals surface area contributed by atoms with Gasteiger partial charge in [0.15, 0.2) is 0 Å². The van der Waals surface area contributed by atoms with Gasteiger partial charge >= 0.3 is 218 Å². The van der Waals surface area contributed by atoms with Crippen LogP contribution in [0.2, 0.25) is 0 Å². The van der Waals surface area contributed by atoms with Crippen LogP contribution in [0.1, 0.15) is 47.1 Å². The van der Waals surface area contributed by atoms with Gasteiger partial charge in [0.25, 0.3) is 0 Å². The molecule has 1 atom stereocenters. The molecule has 0 saturated carbocycles. The van der Waals surface area contributed by atoms with Gasteiger partial charge in [-0.05, 0) is 0 Å². The van der Waals surface area contributed by atoms with Gasteiger partial charge in [-0.1, -0.05) is 0 Å². The molecule has 1 rings (SSSR count). The van der Waals surface area contributed by atoms with Gasteiger partial charge in [0.2, 0.25) is 0 Å². The topological polar surface area (TPSA) is 101 Å². The van der Waals surface area contributed by atoms with Crippen molar-refractivity contribution >= 4 is 53.2 Å². The number of methoxy groups -OCH3 is 3. The summed E-state index contributed by atoms with van der Waals surface area (Å²) in [6, 6.07) is 1.54. The quantitative estimate of drug-likeness (QED) is 0.197. The van der Waals surface area contributed by atoms with E-state index in [1.807, 2.05) is 0 Å². The van der Waals surface area contributed by atoms with Crippen molar-refractivity contribution < 1.29 is 40.9 Å². The first-order valence-electron chi connectivity index (χ1n) is 10.2. The van der Waals surface area contributed by atoms with Crippen LogP contribution in [-0.2, 0) is 25.4 Å². The van der Waals surface area contributed by atoms with Crippen molar-refractivity contribution in [2.75, 3.05) is 21.3 Å². The second-order valence-electron chi connectivity index (χ2n) is 9.07. The molecule has 12 heteroatoms. The number of imide groups is 1. The number of hydrogen-bond donors (Lipinski definition) is 0. The molecule has 0 aliphatic rings. The molecule has 0 radical (unpaired) electrons. The third-order valence-electron chi connectivity index (χ3n) is 4.09. The summed E-state index contributed by atoms with van der Waals surface area (Å²) in [5.74, 6) is -0.270. The van der Waals surface area contributed by atoms with E-state index in [-0.39, 0.29) is 6.42 Å². The zero-order valence-corrected chi connectivity index (χ0v) is 25.1. The number of esters is 1. The summed E-state index contributed by atoms with van der Waals surface area (Å²) in [6.45, 7) is 9.71. The fourth-order valence-corrected chi connectivity index (χ4v) is 6.73. The Kier molecular flexibility index (Phi) is 11.1. The number of carbonyl (C=O) groups is 3. The molecule has 1 aromatic carbocycles. The Balaban J connectivity index is 3.65. The predicted octanol–water partition coefficient (Wildman–Crippen LogP) is 5.87. The molecule has 1 aromatic rings. The molecule has 0 saturated heterocycles. The van der Waals surface area contributed by atoms with Crippen LogP contribution < -0.4 is 9.47 Å². The average Bonchev–Trinajstić information content (AvgIpc) is 2.69. The Hall–Kier alpha value is -1.58. The first-order chi connectivity index (χ1) is 15.5. The van der Waals surface area contributed by atoms with Crippen LogP contribution in [0.3, 0.4) is 0 Å². The summed E-state index contributed by atoms with van der Waals surface area (Å²) >= 11 is -1.42. The molecular formula is C22H32FI2NO8. The summed E-state index contributed by atoms with van der Waals surface area (Å²) in [5.41, 5.74) is -1.56. The third kappa shape index (κ3) is 8.89. The van der Waals surface area contributed by atoms with Gasteiger partial charge in [0.05, 0.1) is 0 Å². The number of rotatable bonds is 7. The second kappa shape index (κ2) is 12.4. The van der Waals surface area contributed by atoms with Crippen LogP contribution >= 0.6 is 35.0 Å². The van der Waals surface area contributed by atoms with E-state index in [0.717, 1.165) is 7.11 Å². The van der Waals surface area contributed by atoms with Gasteiger partial charge in [-0.25, -0.2) is 0 Å². The number of amides is 2. The first-order valence-corrected chi connectivity index (χ1v) is 18.3. The van der Waals surface area contributed by atoms with E-state index < -0.39 is 51.8 Å². The standard InChI is InChI=1S/C22H32FI2NO8/c1-21(2,3)33-19(28)26(20(29)34-22(4,5)6)15(18(27)32-9)10-13-11-16(30-7)17(31-8)12-14(13)25(23)24/h11-12,15H,10H2,1-9H3/t15-/m0/s1. The van der Waals surface area contributed by atoms with Gasteiger partial charge in [-0.3, -0.25) is 0 Å². The Morgan fingerprint density at radius 1 is 0.941 bits per heavy atom. The van der Waals surface area contributed by atoms with E-state index in [4.69, 9.17) is 23.7 Å². The Morgan fingerprint density at radius 3 is 1.74 bits per heavy atom. The van der Waals surface area contributed by atoms with Crippen molar-refractivity contribution in [3.63, 3.8) is 0 Å². The molecule has 0 spiro atoms. The van der Waals surface area contributed by atoms with E-state index in [9.17, 15) is 17.2 Å². The van der Waals surface area contributed by atoms with Crippen molar-refractivity contribution in [1.29, 1.82) is 0 Å². The van der Waals surface area contributed by atoms with Gasteiger partial charge in [0, 0.05) is 0 Å². The van der Waals surface area contributed by atoms with E-state index in [2.05, 4.69) is 0 Å². The normalized spacial score (nSPS) is 12.9. The first kappa shape index (κ1) is 30.5. The summed E-state index contributed by atoms with van der Waals surface area (Å²) in [5, 5.41) is 0. The zero-order chi connectivity index (χ0) is 26.4. The van der Waals surface area contributed by atoms with Crippen LogP contribution in [-0.4, -0.2) is 61.6 Å². The molecule has 9 nitrogen and oxygen atoms in total. The van der Waals surface area contributed by atoms with Crippen molar-refractivity contribution in [2.45, 2.75) is 65.2 Å². The molecule has 0 fully saturated rings. The number of benzene rings is 1. The van der Waals surface area contributed by atoms with Crippen molar-refractivity contribution in [1.82, 2.24) is 4.90 Å². The van der Waals surface area contributed by atoms with Crippen molar-refractivity contribution in [2.24, 2.45) is 0 Å². The Bertz CT molecular complexity index is 868. The van der Waals surface area contributed by atoms with Crippen LogP contribution in [0, 0.1) is 3.57 Å². The molecule has 194 valence electrons. The van der Waals surface area contributed by atoms with E-state index in [0.29, 0.717) is 25.5 Å². The molecule has 0 heterocycles. The monoisotopic (exact) mass is 711 g/mol. The van der Waals surface area contributed by atoms with Crippen molar-refractivity contribution in [3.8, 4) is 11.5 Å². The summed E-state index contributed by atoms with van der Waals surface area (Å²) in [4.78, 5) is 39.5. The molecule has 0 bridgehead atoms. The molecule has 0 aliphatic heterocycles. The zero-order valence-electron chi connectivity index (χ0n) is 20.8. The summed E-state index contributed by atoms with van der Waals surface area (Å²) in [6.07, 6.45) is -2.43. The maximum atomic E-state index is 14.7. The average molecular weight is 711 g/mol. The maximum absolute atomic E-state index is 14.7. The predicted molar refractivity (Wildman–Crippen MR) is 141 cm³/mol. The fourth-order valence-electron chi connectivity index (χ4n) is 2.76. The molecule has 2 amide bonds. The van der Waals surface area contributed by atoms with Gasteiger partial charge in [0.1, 0.15) is 0 Å². The fraction of sp³-hybridized carbons (Fsp3) is 0.591. The van der Waals surface area contributed by atoms with Crippen LogP contribution in [0.5, 0.6) is 11.5 Å². The van der Waals surface area contributed by atoms with Crippen LogP contribution in [0.15, 0.2) is 12.1 Å². The van der Waals surface area contributed by atoms with Crippen LogP contribution in [0.4, 0.5) is 12.4 Å².